The Morgan fingerprint density at radius 1 is 1.11 bits per heavy atom. The number of piperidine rings is 1. The number of hydrogen-bond donors (Lipinski definition) is 0. The molecule has 0 radical (unpaired) electrons. The van der Waals surface area contributed by atoms with Crippen molar-refractivity contribution in [3.63, 3.8) is 0 Å². The van der Waals surface area contributed by atoms with Crippen LogP contribution in [0.5, 0.6) is 0 Å². The molecule has 0 spiro atoms. The van der Waals surface area contributed by atoms with Gasteiger partial charge in [-0.25, -0.2) is 0 Å². The summed E-state index contributed by atoms with van der Waals surface area (Å²) in [5.41, 5.74) is 1.49. The van der Waals surface area contributed by atoms with Gasteiger partial charge < -0.3 is 4.90 Å². The Morgan fingerprint density at radius 3 is 2.79 bits per heavy atom. The summed E-state index contributed by atoms with van der Waals surface area (Å²) in [6, 6.07) is 12.9. The van der Waals surface area contributed by atoms with Crippen molar-refractivity contribution in [2.75, 3.05) is 19.6 Å². The van der Waals surface area contributed by atoms with Crippen molar-refractivity contribution < 1.29 is 0 Å². The maximum atomic E-state index is 4.27. The van der Waals surface area contributed by atoms with Crippen LogP contribution in [-0.2, 0) is 6.54 Å². The highest BCUT2D eigenvalue weighted by Crippen LogP contribution is 2.26. The zero-order valence-electron chi connectivity index (χ0n) is 11.3. The zero-order valence-corrected chi connectivity index (χ0v) is 11.3. The van der Waals surface area contributed by atoms with Crippen LogP contribution in [-0.4, -0.2) is 34.3 Å². The molecule has 1 unspecified atom stereocenters. The predicted octanol–water partition coefficient (Wildman–Crippen LogP) is 2.76. The first-order valence-electron chi connectivity index (χ1n) is 7.16. The molecule has 2 heterocycles. The highest BCUT2D eigenvalue weighted by atomic mass is 15.3. The highest BCUT2D eigenvalue weighted by Gasteiger charge is 2.20. The van der Waals surface area contributed by atoms with Crippen LogP contribution in [0.1, 0.15) is 24.3 Å². The average Bonchev–Trinajstić information content (AvgIpc) is 3.00. The van der Waals surface area contributed by atoms with Crippen LogP contribution in [0.15, 0.2) is 48.8 Å². The van der Waals surface area contributed by atoms with E-state index in [4.69, 9.17) is 0 Å². The molecule has 3 heteroatoms. The highest BCUT2D eigenvalue weighted by molar-refractivity contribution is 5.20. The van der Waals surface area contributed by atoms with E-state index < -0.39 is 0 Å². The Hall–Kier alpha value is -1.61. The van der Waals surface area contributed by atoms with Crippen molar-refractivity contribution in [1.82, 2.24) is 14.7 Å². The van der Waals surface area contributed by atoms with E-state index in [1.54, 1.807) is 0 Å². The number of rotatable bonds is 4. The quantitative estimate of drug-likeness (QED) is 0.837. The van der Waals surface area contributed by atoms with Crippen molar-refractivity contribution in [2.45, 2.75) is 25.3 Å². The number of nitrogens with zero attached hydrogens (tertiary/aromatic N) is 3. The summed E-state index contributed by atoms with van der Waals surface area (Å²) >= 11 is 0. The van der Waals surface area contributed by atoms with Gasteiger partial charge in [0.1, 0.15) is 0 Å². The maximum absolute atomic E-state index is 4.27. The second-order valence-electron chi connectivity index (χ2n) is 5.32. The molecule has 19 heavy (non-hydrogen) atoms. The monoisotopic (exact) mass is 255 g/mol. The molecule has 0 saturated carbocycles. The topological polar surface area (TPSA) is 21.1 Å². The van der Waals surface area contributed by atoms with E-state index in [0.29, 0.717) is 5.92 Å². The first-order valence-corrected chi connectivity index (χ1v) is 7.16. The summed E-state index contributed by atoms with van der Waals surface area (Å²) < 4.78 is 2.02. The molecule has 1 saturated heterocycles. The van der Waals surface area contributed by atoms with Crippen molar-refractivity contribution in [2.24, 2.45) is 0 Å². The smallest absolute Gasteiger partial charge is 0.0536 e. The van der Waals surface area contributed by atoms with Crippen LogP contribution in [0.3, 0.4) is 0 Å². The van der Waals surface area contributed by atoms with Crippen LogP contribution in [0.4, 0.5) is 0 Å². The van der Waals surface area contributed by atoms with Crippen LogP contribution < -0.4 is 0 Å². The van der Waals surface area contributed by atoms with E-state index in [-0.39, 0.29) is 0 Å². The van der Waals surface area contributed by atoms with Crippen molar-refractivity contribution in [1.29, 1.82) is 0 Å². The van der Waals surface area contributed by atoms with Gasteiger partial charge >= 0.3 is 0 Å². The third-order valence-electron chi connectivity index (χ3n) is 3.98. The maximum Gasteiger partial charge on any atom is 0.0536 e. The molecule has 1 aromatic carbocycles. The van der Waals surface area contributed by atoms with Gasteiger partial charge in [0.25, 0.3) is 0 Å². The lowest BCUT2D eigenvalue weighted by atomic mass is 9.91. The van der Waals surface area contributed by atoms with Crippen LogP contribution in [0.2, 0.25) is 0 Å². The normalized spacial score (nSPS) is 20.5. The molecule has 3 rings (SSSR count). The second kappa shape index (κ2) is 6.02. The lowest BCUT2D eigenvalue weighted by Crippen LogP contribution is -2.36. The lowest BCUT2D eigenvalue weighted by molar-refractivity contribution is 0.198. The lowest BCUT2D eigenvalue weighted by Gasteiger charge is -2.32. The van der Waals surface area contributed by atoms with Crippen molar-refractivity contribution >= 4 is 0 Å². The standard InChI is InChI=1S/C16H21N3/c1-2-6-15(7-3-1)16-8-4-10-18(14-16)12-13-19-11-5-9-17-19/h1-3,5-7,9,11,16H,4,8,10,12-14H2. The van der Waals surface area contributed by atoms with Gasteiger partial charge in [0.05, 0.1) is 6.54 Å². The minimum absolute atomic E-state index is 0.701. The Kier molecular flexibility index (Phi) is 3.94. The van der Waals surface area contributed by atoms with E-state index in [1.165, 1.54) is 31.5 Å². The van der Waals surface area contributed by atoms with E-state index in [1.807, 2.05) is 23.1 Å². The van der Waals surface area contributed by atoms with Crippen LogP contribution in [0.25, 0.3) is 0 Å². The Bertz CT molecular complexity index is 478. The van der Waals surface area contributed by atoms with Crippen LogP contribution >= 0.6 is 0 Å². The molecule has 0 bridgehead atoms. The molecule has 100 valence electrons. The predicted molar refractivity (Wildman–Crippen MR) is 77.1 cm³/mol. The summed E-state index contributed by atoms with van der Waals surface area (Å²) in [4.78, 5) is 2.57. The fourth-order valence-corrected chi connectivity index (χ4v) is 2.93. The van der Waals surface area contributed by atoms with E-state index in [2.05, 4.69) is 40.3 Å². The largest absolute Gasteiger partial charge is 0.301 e. The van der Waals surface area contributed by atoms with Gasteiger partial charge in [-0.2, -0.15) is 5.10 Å². The summed E-state index contributed by atoms with van der Waals surface area (Å²) in [6.07, 6.45) is 6.52. The molecule has 0 aliphatic carbocycles. The fourth-order valence-electron chi connectivity index (χ4n) is 2.93. The SMILES string of the molecule is c1ccc(C2CCCN(CCn3cccn3)C2)cc1. The molecule has 1 aliphatic heterocycles. The van der Waals surface area contributed by atoms with Gasteiger partial charge in [-0.15, -0.1) is 0 Å². The van der Waals surface area contributed by atoms with E-state index in [9.17, 15) is 0 Å². The molecule has 0 amide bonds. The van der Waals surface area contributed by atoms with Gasteiger partial charge in [-0.3, -0.25) is 4.68 Å². The zero-order chi connectivity index (χ0) is 12.9. The molecule has 3 nitrogen and oxygen atoms in total. The van der Waals surface area contributed by atoms with Gasteiger partial charge in [0.2, 0.25) is 0 Å². The second-order valence-corrected chi connectivity index (χ2v) is 5.32. The first kappa shape index (κ1) is 12.4. The minimum atomic E-state index is 0.701. The van der Waals surface area contributed by atoms with Gasteiger partial charge in [-0.05, 0) is 36.9 Å². The third-order valence-corrected chi connectivity index (χ3v) is 3.98. The number of aromatic nitrogens is 2. The van der Waals surface area contributed by atoms with E-state index in [0.717, 1.165) is 13.1 Å². The molecule has 1 atom stereocenters. The van der Waals surface area contributed by atoms with Gasteiger partial charge in [0, 0.05) is 25.5 Å². The molecular weight excluding hydrogens is 234 g/mol. The Morgan fingerprint density at radius 2 is 2.00 bits per heavy atom. The van der Waals surface area contributed by atoms with E-state index >= 15 is 0 Å². The summed E-state index contributed by atoms with van der Waals surface area (Å²) in [5, 5.41) is 4.27. The summed E-state index contributed by atoms with van der Waals surface area (Å²) in [5.74, 6) is 0.701. The first-order chi connectivity index (χ1) is 9.42. The molecular formula is C16H21N3. The van der Waals surface area contributed by atoms with Gasteiger partial charge in [0.15, 0.2) is 0 Å². The molecule has 1 fully saturated rings. The van der Waals surface area contributed by atoms with Crippen molar-refractivity contribution in [3.05, 3.63) is 54.4 Å². The Balaban J connectivity index is 1.56. The van der Waals surface area contributed by atoms with Crippen molar-refractivity contribution in [3.8, 4) is 0 Å². The average molecular weight is 255 g/mol. The van der Waals surface area contributed by atoms with Crippen LogP contribution in [0, 0.1) is 0 Å². The number of hydrogen-bond acceptors (Lipinski definition) is 2. The Labute approximate surface area is 114 Å². The molecule has 1 aromatic heterocycles. The number of likely N-dealkylation sites (tertiary alicyclic amines) is 1. The van der Waals surface area contributed by atoms with Gasteiger partial charge in [-0.1, -0.05) is 30.3 Å². The minimum Gasteiger partial charge on any atom is -0.301 e. The molecule has 0 N–H and O–H groups in total. The summed E-state index contributed by atoms with van der Waals surface area (Å²) in [6.45, 7) is 4.51. The molecule has 2 aromatic rings. The third kappa shape index (κ3) is 3.24. The fraction of sp³-hybridized carbons (Fsp3) is 0.438. The number of benzene rings is 1. The molecule has 1 aliphatic rings. The summed E-state index contributed by atoms with van der Waals surface area (Å²) in [7, 11) is 0.